The first-order valence-electron chi connectivity index (χ1n) is 5.20. The average Bonchev–Trinajstić information content (AvgIpc) is 2.26. The SMILES string of the molecule is CCC(O)CNS(=O)(=O)c1cccc(C)c1. The van der Waals surface area contributed by atoms with E-state index in [0.29, 0.717) is 6.42 Å². The van der Waals surface area contributed by atoms with Gasteiger partial charge in [-0.25, -0.2) is 13.1 Å². The maximum absolute atomic E-state index is 11.8. The van der Waals surface area contributed by atoms with Crippen molar-refractivity contribution in [2.24, 2.45) is 0 Å². The number of rotatable bonds is 5. The fourth-order valence-electron chi connectivity index (χ4n) is 1.22. The molecule has 2 N–H and O–H groups in total. The lowest BCUT2D eigenvalue weighted by atomic mass is 10.2. The topological polar surface area (TPSA) is 66.4 Å². The Balaban J connectivity index is 2.78. The number of aryl methyl sites for hydroxylation is 1. The first-order chi connectivity index (χ1) is 7.45. The molecule has 0 saturated carbocycles. The van der Waals surface area contributed by atoms with Crippen molar-refractivity contribution >= 4 is 10.0 Å². The molecule has 1 aromatic carbocycles. The predicted molar refractivity (Wildman–Crippen MR) is 62.7 cm³/mol. The predicted octanol–water partition coefficient (Wildman–Crippen LogP) is 1.04. The van der Waals surface area contributed by atoms with Crippen LogP contribution in [0, 0.1) is 6.92 Å². The van der Waals surface area contributed by atoms with Gasteiger partial charge in [-0.05, 0) is 31.0 Å². The number of hydrogen-bond acceptors (Lipinski definition) is 3. The molecule has 0 radical (unpaired) electrons. The summed E-state index contributed by atoms with van der Waals surface area (Å²) >= 11 is 0. The second kappa shape index (κ2) is 5.43. The van der Waals surface area contributed by atoms with E-state index in [9.17, 15) is 13.5 Å². The van der Waals surface area contributed by atoms with Crippen molar-refractivity contribution in [3.05, 3.63) is 29.8 Å². The van der Waals surface area contributed by atoms with Gasteiger partial charge in [-0.2, -0.15) is 0 Å². The molecule has 90 valence electrons. The molecule has 0 bridgehead atoms. The smallest absolute Gasteiger partial charge is 0.240 e. The molecule has 0 aromatic heterocycles. The highest BCUT2D eigenvalue weighted by atomic mass is 32.2. The number of hydrogen-bond donors (Lipinski definition) is 2. The highest BCUT2D eigenvalue weighted by molar-refractivity contribution is 7.89. The molecule has 5 heteroatoms. The Labute approximate surface area is 96.4 Å². The Kier molecular flexibility index (Phi) is 4.46. The summed E-state index contributed by atoms with van der Waals surface area (Å²) < 4.78 is 25.9. The van der Waals surface area contributed by atoms with E-state index in [-0.39, 0.29) is 11.4 Å². The number of nitrogens with one attached hydrogen (secondary N) is 1. The van der Waals surface area contributed by atoms with E-state index in [1.54, 1.807) is 19.1 Å². The highest BCUT2D eigenvalue weighted by Crippen LogP contribution is 2.10. The van der Waals surface area contributed by atoms with Gasteiger partial charge in [-0.3, -0.25) is 0 Å². The van der Waals surface area contributed by atoms with Crippen molar-refractivity contribution < 1.29 is 13.5 Å². The second-order valence-corrected chi connectivity index (χ2v) is 5.50. The minimum Gasteiger partial charge on any atom is -0.392 e. The summed E-state index contributed by atoms with van der Waals surface area (Å²) in [6, 6.07) is 6.66. The summed E-state index contributed by atoms with van der Waals surface area (Å²) in [5, 5.41) is 9.30. The number of benzene rings is 1. The van der Waals surface area contributed by atoms with Crippen LogP contribution in [0.5, 0.6) is 0 Å². The van der Waals surface area contributed by atoms with Gasteiger partial charge in [0.25, 0.3) is 0 Å². The van der Waals surface area contributed by atoms with E-state index in [0.717, 1.165) is 5.56 Å². The van der Waals surface area contributed by atoms with Gasteiger partial charge in [-0.1, -0.05) is 19.1 Å². The van der Waals surface area contributed by atoms with E-state index in [1.165, 1.54) is 6.07 Å². The van der Waals surface area contributed by atoms with Crippen molar-refractivity contribution in [3.8, 4) is 0 Å². The van der Waals surface area contributed by atoms with Gasteiger partial charge < -0.3 is 5.11 Å². The van der Waals surface area contributed by atoms with Crippen LogP contribution in [0.4, 0.5) is 0 Å². The summed E-state index contributed by atoms with van der Waals surface area (Å²) in [5.41, 5.74) is 0.888. The quantitative estimate of drug-likeness (QED) is 0.812. The molecule has 0 saturated heterocycles. The molecular weight excluding hydrogens is 226 g/mol. The van der Waals surface area contributed by atoms with Gasteiger partial charge in [0, 0.05) is 6.54 Å². The first-order valence-corrected chi connectivity index (χ1v) is 6.68. The zero-order valence-corrected chi connectivity index (χ0v) is 10.3. The Bertz CT molecular complexity index is 442. The molecule has 0 aliphatic heterocycles. The van der Waals surface area contributed by atoms with Crippen molar-refractivity contribution in [3.63, 3.8) is 0 Å². The summed E-state index contributed by atoms with van der Waals surface area (Å²) in [5.74, 6) is 0. The minimum absolute atomic E-state index is 0.0484. The van der Waals surface area contributed by atoms with Crippen LogP contribution in [-0.2, 0) is 10.0 Å². The summed E-state index contributed by atoms with van der Waals surface area (Å²) in [6.07, 6.45) is -0.115. The first kappa shape index (κ1) is 13.2. The summed E-state index contributed by atoms with van der Waals surface area (Å²) in [4.78, 5) is 0.232. The van der Waals surface area contributed by atoms with Crippen molar-refractivity contribution in [1.82, 2.24) is 4.72 Å². The third-order valence-corrected chi connectivity index (χ3v) is 3.70. The Morgan fingerprint density at radius 3 is 2.69 bits per heavy atom. The van der Waals surface area contributed by atoms with Crippen LogP contribution < -0.4 is 4.72 Å². The standard InChI is InChI=1S/C11H17NO3S/c1-3-10(13)8-12-16(14,15)11-6-4-5-9(2)7-11/h4-7,10,12-13H,3,8H2,1-2H3. The number of sulfonamides is 1. The number of aliphatic hydroxyl groups is 1. The van der Waals surface area contributed by atoms with Crippen LogP contribution in [0.3, 0.4) is 0 Å². The second-order valence-electron chi connectivity index (χ2n) is 3.73. The fourth-order valence-corrected chi connectivity index (χ4v) is 2.39. The molecule has 1 rings (SSSR count). The van der Waals surface area contributed by atoms with Crippen LogP contribution >= 0.6 is 0 Å². The molecule has 4 nitrogen and oxygen atoms in total. The van der Waals surface area contributed by atoms with Gasteiger partial charge in [-0.15, -0.1) is 0 Å². The number of aliphatic hydroxyl groups excluding tert-OH is 1. The summed E-state index contributed by atoms with van der Waals surface area (Å²) in [7, 11) is -3.50. The lowest BCUT2D eigenvalue weighted by molar-refractivity contribution is 0.174. The molecule has 16 heavy (non-hydrogen) atoms. The molecule has 1 unspecified atom stereocenters. The molecular formula is C11H17NO3S. The van der Waals surface area contributed by atoms with Gasteiger partial charge in [0.05, 0.1) is 11.0 Å². The van der Waals surface area contributed by atoms with E-state index >= 15 is 0 Å². The normalized spacial score (nSPS) is 13.7. The zero-order valence-electron chi connectivity index (χ0n) is 9.47. The van der Waals surface area contributed by atoms with E-state index in [4.69, 9.17) is 0 Å². The van der Waals surface area contributed by atoms with Crippen LogP contribution in [0.25, 0.3) is 0 Å². The minimum atomic E-state index is -3.50. The van der Waals surface area contributed by atoms with E-state index in [2.05, 4.69) is 4.72 Å². The molecule has 0 aliphatic carbocycles. The fraction of sp³-hybridized carbons (Fsp3) is 0.455. The molecule has 0 heterocycles. The lowest BCUT2D eigenvalue weighted by Gasteiger charge is -2.10. The van der Waals surface area contributed by atoms with Crippen LogP contribution in [0.2, 0.25) is 0 Å². The third kappa shape index (κ3) is 3.59. The van der Waals surface area contributed by atoms with Gasteiger partial charge in [0.1, 0.15) is 0 Å². The molecule has 0 fully saturated rings. The van der Waals surface area contributed by atoms with Crippen molar-refractivity contribution in [1.29, 1.82) is 0 Å². The Hall–Kier alpha value is -0.910. The maximum Gasteiger partial charge on any atom is 0.240 e. The Morgan fingerprint density at radius 1 is 1.44 bits per heavy atom. The molecule has 0 amide bonds. The maximum atomic E-state index is 11.8. The van der Waals surface area contributed by atoms with Crippen LogP contribution in [0.1, 0.15) is 18.9 Å². The monoisotopic (exact) mass is 243 g/mol. The molecule has 0 spiro atoms. The Morgan fingerprint density at radius 2 is 2.12 bits per heavy atom. The van der Waals surface area contributed by atoms with Gasteiger partial charge in [0.15, 0.2) is 0 Å². The summed E-state index contributed by atoms with van der Waals surface area (Å²) in [6.45, 7) is 3.68. The van der Waals surface area contributed by atoms with E-state index in [1.807, 2.05) is 13.0 Å². The van der Waals surface area contributed by atoms with E-state index < -0.39 is 16.1 Å². The van der Waals surface area contributed by atoms with Gasteiger partial charge in [0.2, 0.25) is 10.0 Å². The lowest BCUT2D eigenvalue weighted by Crippen LogP contribution is -2.31. The largest absolute Gasteiger partial charge is 0.392 e. The highest BCUT2D eigenvalue weighted by Gasteiger charge is 2.14. The average molecular weight is 243 g/mol. The van der Waals surface area contributed by atoms with Crippen molar-refractivity contribution in [2.75, 3.05) is 6.54 Å². The van der Waals surface area contributed by atoms with Crippen LogP contribution in [0.15, 0.2) is 29.2 Å². The molecule has 0 aliphatic rings. The molecule has 1 atom stereocenters. The van der Waals surface area contributed by atoms with Crippen LogP contribution in [-0.4, -0.2) is 26.2 Å². The zero-order chi connectivity index (χ0) is 12.2. The molecule has 1 aromatic rings. The third-order valence-electron chi connectivity index (χ3n) is 2.28. The van der Waals surface area contributed by atoms with Gasteiger partial charge >= 0.3 is 0 Å². The van der Waals surface area contributed by atoms with Crippen molar-refractivity contribution in [2.45, 2.75) is 31.3 Å².